The molecule has 0 bridgehead atoms. The maximum atomic E-state index is 6.09. The van der Waals surface area contributed by atoms with Gasteiger partial charge in [-0.2, -0.15) is 0 Å². The number of nitrogens with two attached hydrogens (primary N) is 1. The van der Waals surface area contributed by atoms with Crippen LogP contribution in [0.5, 0.6) is 5.75 Å². The Labute approximate surface area is 171 Å². The molecule has 2 fully saturated rings. The van der Waals surface area contributed by atoms with Crippen LogP contribution in [0.1, 0.15) is 12.6 Å². The van der Waals surface area contributed by atoms with E-state index in [0.29, 0.717) is 32.2 Å². The molecular formula is C21H29N5O3. The highest BCUT2D eigenvalue weighted by atomic mass is 16.5. The van der Waals surface area contributed by atoms with Gasteiger partial charge in [-0.05, 0) is 31.2 Å². The molecular weight excluding hydrogens is 370 g/mol. The fourth-order valence-corrected chi connectivity index (χ4v) is 3.60. The number of hydrogen-bond acceptors (Lipinski definition) is 8. The molecule has 0 unspecified atom stereocenters. The van der Waals surface area contributed by atoms with Gasteiger partial charge in [-0.15, -0.1) is 0 Å². The highest BCUT2D eigenvalue weighted by Crippen LogP contribution is 2.34. The van der Waals surface area contributed by atoms with Crippen LogP contribution in [-0.2, 0) is 16.0 Å². The van der Waals surface area contributed by atoms with Crippen molar-refractivity contribution in [2.45, 2.75) is 13.5 Å². The second kappa shape index (κ2) is 9.39. The predicted molar refractivity (Wildman–Crippen MR) is 112 cm³/mol. The largest absolute Gasteiger partial charge is 0.488 e. The summed E-state index contributed by atoms with van der Waals surface area (Å²) in [4.78, 5) is 14.4. The van der Waals surface area contributed by atoms with Crippen LogP contribution in [0.2, 0.25) is 0 Å². The molecule has 2 aliphatic heterocycles. The minimum absolute atomic E-state index is 0.567. The van der Waals surface area contributed by atoms with Gasteiger partial charge < -0.3 is 24.8 Å². The van der Waals surface area contributed by atoms with Gasteiger partial charge in [0.25, 0.3) is 0 Å². The Morgan fingerprint density at radius 3 is 2.28 bits per heavy atom. The smallest absolute Gasteiger partial charge is 0.184 e. The van der Waals surface area contributed by atoms with Crippen LogP contribution in [0.3, 0.4) is 0 Å². The fraction of sp³-hybridized carbons (Fsp3) is 0.524. The fourth-order valence-electron chi connectivity index (χ4n) is 3.60. The second-order valence-electron chi connectivity index (χ2n) is 7.19. The van der Waals surface area contributed by atoms with Crippen LogP contribution in [-0.4, -0.2) is 74.1 Å². The van der Waals surface area contributed by atoms with Gasteiger partial charge in [-0.25, -0.2) is 9.97 Å². The molecule has 29 heavy (non-hydrogen) atoms. The van der Waals surface area contributed by atoms with Crippen molar-refractivity contribution in [2.75, 3.05) is 69.8 Å². The van der Waals surface area contributed by atoms with Crippen LogP contribution in [0.25, 0.3) is 11.4 Å². The topological polar surface area (TPSA) is 86.0 Å². The van der Waals surface area contributed by atoms with E-state index in [1.54, 1.807) is 0 Å². The summed E-state index contributed by atoms with van der Waals surface area (Å²) in [5.41, 5.74) is 8.45. The highest BCUT2D eigenvalue weighted by Gasteiger charge is 2.25. The summed E-state index contributed by atoms with van der Waals surface area (Å²) < 4.78 is 17.1. The molecule has 1 aromatic heterocycles. The summed E-state index contributed by atoms with van der Waals surface area (Å²) in [6.07, 6.45) is 0. The maximum Gasteiger partial charge on any atom is 0.184 e. The van der Waals surface area contributed by atoms with E-state index in [1.807, 2.05) is 31.2 Å². The molecule has 4 rings (SSSR count). The molecule has 2 aliphatic rings. The molecule has 0 amide bonds. The van der Waals surface area contributed by atoms with Gasteiger partial charge in [0.2, 0.25) is 0 Å². The van der Waals surface area contributed by atoms with E-state index in [9.17, 15) is 0 Å². The molecule has 0 atom stereocenters. The molecule has 8 heteroatoms. The van der Waals surface area contributed by atoms with Crippen molar-refractivity contribution in [3.63, 3.8) is 0 Å². The normalized spacial score (nSPS) is 18.0. The minimum atomic E-state index is 0.567. The standard InChI is InChI=1S/C21H29N5O3/c1-2-29-19-18(15-25-7-11-27-12-8-25)23-20(16-3-5-17(22)6-4-16)24-21(19)26-9-13-28-14-10-26/h3-6H,2,7-15,22H2,1H3. The van der Waals surface area contributed by atoms with Crippen molar-refractivity contribution in [1.29, 1.82) is 0 Å². The van der Waals surface area contributed by atoms with Gasteiger partial charge in [-0.3, -0.25) is 4.90 Å². The Bertz CT molecular complexity index is 803. The first kappa shape index (κ1) is 19.9. The number of aromatic nitrogens is 2. The molecule has 2 N–H and O–H groups in total. The molecule has 0 aliphatic carbocycles. The van der Waals surface area contributed by atoms with Crippen molar-refractivity contribution < 1.29 is 14.2 Å². The van der Waals surface area contributed by atoms with E-state index in [-0.39, 0.29) is 0 Å². The third kappa shape index (κ3) is 4.77. The lowest BCUT2D eigenvalue weighted by atomic mass is 10.2. The average Bonchev–Trinajstić information content (AvgIpc) is 2.77. The second-order valence-corrected chi connectivity index (χ2v) is 7.19. The molecule has 3 heterocycles. The van der Waals surface area contributed by atoms with Crippen molar-refractivity contribution in [1.82, 2.24) is 14.9 Å². The number of nitrogens with zero attached hydrogens (tertiary/aromatic N) is 4. The third-order valence-corrected chi connectivity index (χ3v) is 5.16. The van der Waals surface area contributed by atoms with Crippen molar-refractivity contribution >= 4 is 11.5 Å². The average molecular weight is 399 g/mol. The van der Waals surface area contributed by atoms with Crippen molar-refractivity contribution in [3.05, 3.63) is 30.0 Å². The highest BCUT2D eigenvalue weighted by molar-refractivity contribution is 5.65. The van der Waals surface area contributed by atoms with E-state index >= 15 is 0 Å². The SMILES string of the molecule is CCOc1c(CN2CCOCC2)nc(-c2ccc(N)cc2)nc1N1CCOCC1. The number of benzene rings is 1. The monoisotopic (exact) mass is 399 g/mol. The number of anilines is 2. The molecule has 156 valence electrons. The van der Waals surface area contributed by atoms with Crippen LogP contribution in [0.15, 0.2) is 24.3 Å². The van der Waals surface area contributed by atoms with Gasteiger partial charge in [0.15, 0.2) is 17.4 Å². The lowest BCUT2D eigenvalue weighted by molar-refractivity contribution is 0.0332. The first-order chi connectivity index (χ1) is 14.2. The van der Waals surface area contributed by atoms with Crippen LogP contribution >= 0.6 is 0 Å². The van der Waals surface area contributed by atoms with Gasteiger partial charge in [0, 0.05) is 44.0 Å². The van der Waals surface area contributed by atoms with Gasteiger partial charge in [0.05, 0.1) is 33.0 Å². The molecule has 2 aromatic rings. The summed E-state index contributed by atoms with van der Waals surface area (Å²) in [5, 5.41) is 0. The summed E-state index contributed by atoms with van der Waals surface area (Å²) in [7, 11) is 0. The number of morpholine rings is 2. The quantitative estimate of drug-likeness (QED) is 0.736. The van der Waals surface area contributed by atoms with E-state index in [4.69, 9.17) is 29.9 Å². The van der Waals surface area contributed by atoms with Crippen molar-refractivity contribution in [2.24, 2.45) is 0 Å². The summed E-state index contributed by atoms with van der Waals surface area (Å²) in [6.45, 7) is 9.49. The predicted octanol–water partition coefficient (Wildman–Crippen LogP) is 1.79. The first-order valence-corrected chi connectivity index (χ1v) is 10.3. The summed E-state index contributed by atoms with van der Waals surface area (Å²) >= 11 is 0. The number of ether oxygens (including phenoxy) is 3. The van der Waals surface area contributed by atoms with E-state index in [1.165, 1.54) is 0 Å². The Balaban J connectivity index is 1.76. The number of rotatable bonds is 6. The zero-order valence-electron chi connectivity index (χ0n) is 17.0. The van der Waals surface area contributed by atoms with E-state index in [0.717, 1.165) is 67.9 Å². The molecule has 2 saturated heterocycles. The molecule has 8 nitrogen and oxygen atoms in total. The Morgan fingerprint density at radius 1 is 0.966 bits per heavy atom. The Kier molecular flexibility index (Phi) is 6.43. The van der Waals surface area contributed by atoms with E-state index < -0.39 is 0 Å². The lowest BCUT2D eigenvalue weighted by Crippen LogP contribution is -2.38. The number of nitrogen functional groups attached to an aromatic ring is 1. The lowest BCUT2D eigenvalue weighted by Gasteiger charge is -2.31. The number of hydrogen-bond donors (Lipinski definition) is 1. The minimum Gasteiger partial charge on any atom is -0.488 e. The van der Waals surface area contributed by atoms with Crippen molar-refractivity contribution in [3.8, 4) is 17.1 Å². The summed E-state index contributed by atoms with van der Waals surface area (Å²) in [5.74, 6) is 2.32. The maximum absolute atomic E-state index is 6.09. The summed E-state index contributed by atoms with van der Waals surface area (Å²) in [6, 6.07) is 7.69. The first-order valence-electron chi connectivity index (χ1n) is 10.3. The van der Waals surface area contributed by atoms with E-state index in [2.05, 4.69) is 9.80 Å². The molecule has 1 aromatic carbocycles. The van der Waals surface area contributed by atoms with Gasteiger partial charge in [0.1, 0.15) is 5.69 Å². The molecule has 0 saturated carbocycles. The van der Waals surface area contributed by atoms with Crippen LogP contribution in [0.4, 0.5) is 11.5 Å². The third-order valence-electron chi connectivity index (χ3n) is 5.16. The molecule has 0 radical (unpaired) electrons. The molecule has 0 spiro atoms. The van der Waals surface area contributed by atoms with Gasteiger partial charge >= 0.3 is 0 Å². The zero-order chi connectivity index (χ0) is 20.1. The Hall–Kier alpha value is -2.42. The van der Waals surface area contributed by atoms with Crippen LogP contribution in [0, 0.1) is 0 Å². The Morgan fingerprint density at radius 2 is 1.62 bits per heavy atom. The van der Waals surface area contributed by atoms with Gasteiger partial charge in [-0.1, -0.05) is 0 Å². The zero-order valence-corrected chi connectivity index (χ0v) is 17.0. The van der Waals surface area contributed by atoms with Crippen LogP contribution < -0.4 is 15.4 Å².